The van der Waals surface area contributed by atoms with Gasteiger partial charge >= 0.3 is 0 Å². The van der Waals surface area contributed by atoms with Crippen molar-refractivity contribution in [3.05, 3.63) is 481 Å². The van der Waals surface area contributed by atoms with Crippen LogP contribution in [-0.4, -0.2) is 0 Å². The quantitative estimate of drug-likeness (QED) is 0.122. The van der Waals surface area contributed by atoms with Crippen molar-refractivity contribution < 1.29 is 8.83 Å². The standard InChI is InChI=1S/C117H74N2O2/c1-73-24-20-39-101-102-41-23-38-90(115(102)121-113(73)101)78-50-58-84(59-51-78)118(83-56-48-76(49-57-83)74-25-4-2-5-26-74)86-62-66-97-94-35-11-17-45-106(94)117(109(97)71-86)105-44-16-10-34-93(105)95-65-55-81(70-108(95)117)79-29-21-30-82(68-79)88-31-12-18-46-111(88)119(85-60-52-77(53-61-85)89-37-22-40-100-99-36-13-19-47-112(99)120-114(89)100)87-63-67-98-96-64-54-80(75-27-6-3-7-28-75)69-107(96)116(110(98)72-87)103-42-14-8-32-91(103)92-33-9-15-43-104(92)116/h2-72H,1H3. The third-order valence-corrected chi connectivity index (χ3v) is 26.7. The second-order valence-electron chi connectivity index (χ2n) is 32.8. The first-order valence-electron chi connectivity index (χ1n) is 41.9. The minimum atomic E-state index is -0.679. The third kappa shape index (κ3) is 10.1. The van der Waals surface area contributed by atoms with E-state index in [4.69, 9.17) is 8.83 Å². The smallest absolute Gasteiger partial charge is 0.143 e. The molecule has 0 amide bonds. The van der Waals surface area contributed by atoms with Crippen molar-refractivity contribution in [2.45, 2.75) is 17.8 Å². The Morgan fingerprint density at radius 3 is 1.05 bits per heavy atom. The summed E-state index contributed by atoms with van der Waals surface area (Å²) in [6.45, 7) is 2.13. The molecule has 0 N–H and O–H groups in total. The van der Waals surface area contributed by atoms with Crippen molar-refractivity contribution in [2.24, 2.45) is 0 Å². The number of anilines is 6. The molecule has 1 atom stereocenters. The van der Waals surface area contributed by atoms with E-state index in [0.717, 1.165) is 134 Å². The van der Waals surface area contributed by atoms with Crippen molar-refractivity contribution in [2.75, 3.05) is 9.80 Å². The lowest BCUT2D eigenvalue weighted by Crippen LogP contribution is -2.26. The molecular weight excluding hydrogens is 1470 g/mol. The first kappa shape index (κ1) is 68.6. The molecule has 121 heavy (non-hydrogen) atoms. The van der Waals surface area contributed by atoms with Gasteiger partial charge in [-0.3, -0.25) is 0 Å². The molecule has 564 valence electrons. The Hall–Kier alpha value is -15.6. The van der Waals surface area contributed by atoms with E-state index in [2.05, 4.69) is 441 Å². The summed E-state index contributed by atoms with van der Waals surface area (Å²) in [4.78, 5) is 4.95. The number of nitrogens with zero attached hydrogens (tertiary/aromatic N) is 2. The first-order chi connectivity index (χ1) is 59.9. The van der Waals surface area contributed by atoms with Crippen LogP contribution in [0.2, 0.25) is 0 Å². The maximum Gasteiger partial charge on any atom is 0.143 e. The largest absolute Gasteiger partial charge is 0.455 e. The summed E-state index contributed by atoms with van der Waals surface area (Å²) in [5.74, 6) is 0. The number of furan rings is 2. The molecule has 0 bridgehead atoms. The SMILES string of the molecule is Cc1cccc2c1oc1c(-c3ccc(N(c4ccc(-c5ccccc5)cc4)c4ccc5c(c4)C4(c6ccccc6-c6ccc(-c7cccc(-c8ccccc8N(c8ccc(-c9cccc%10c9oc9ccccc9%10)cc8)c8ccc9c(c8)C8(c%10ccccc%10-c%10ccccc%108)c8cc(-c%10ccccc%10)ccc8-9)c7)cc64)c4ccccc4-5)cc3)cccc12. The highest BCUT2D eigenvalue weighted by Gasteiger charge is 2.54. The third-order valence-electron chi connectivity index (χ3n) is 26.7. The average Bonchev–Trinajstić information content (AvgIpc) is 1.51. The topological polar surface area (TPSA) is 32.8 Å². The molecule has 4 aliphatic rings. The Bertz CT molecular complexity index is 7780. The van der Waals surface area contributed by atoms with E-state index in [-0.39, 0.29) is 0 Å². The number of rotatable bonds is 12. The van der Waals surface area contributed by atoms with Crippen LogP contribution in [0.3, 0.4) is 0 Å². The lowest BCUT2D eigenvalue weighted by molar-refractivity contribution is 0.667. The van der Waals surface area contributed by atoms with Gasteiger partial charge in [-0.1, -0.05) is 340 Å². The van der Waals surface area contributed by atoms with Crippen molar-refractivity contribution in [3.8, 4) is 111 Å². The molecular formula is C117H74N2O2. The summed E-state index contributed by atoms with van der Waals surface area (Å²) in [6, 6.07) is 161. The second-order valence-corrected chi connectivity index (χ2v) is 32.8. The number of hydrogen-bond acceptors (Lipinski definition) is 4. The predicted octanol–water partition coefficient (Wildman–Crippen LogP) is 31.4. The number of fused-ring (bicyclic) bond motifs is 26. The fourth-order valence-electron chi connectivity index (χ4n) is 21.4. The number of para-hydroxylation sites is 5. The molecule has 21 aromatic rings. The van der Waals surface area contributed by atoms with Gasteiger partial charge in [-0.05, 0) is 243 Å². The van der Waals surface area contributed by atoms with Gasteiger partial charge in [-0.2, -0.15) is 0 Å². The highest BCUT2D eigenvalue weighted by Crippen LogP contribution is 2.66. The molecule has 0 radical (unpaired) electrons. The molecule has 2 heterocycles. The zero-order chi connectivity index (χ0) is 79.6. The van der Waals surface area contributed by atoms with Crippen LogP contribution in [0.25, 0.3) is 155 Å². The number of benzene rings is 19. The summed E-state index contributed by atoms with van der Waals surface area (Å²) >= 11 is 0. The highest BCUT2D eigenvalue weighted by molar-refractivity contribution is 6.12. The molecule has 1 unspecified atom stereocenters. The molecule has 0 saturated carbocycles. The zero-order valence-electron chi connectivity index (χ0n) is 66.2. The van der Waals surface area contributed by atoms with E-state index in [1.54, 1.807) is 0 Å². The van der Waals surface area contributed by atoms with E-state index in [9.17, 15) is 0 Å². The van der Waals surface area contributed by atoms with Gasteiger partial charge in [0.15, 0.2) is 0 Å². The summed E-state index contributed by atoms with van der Waals surface area (Å²) in [5, 5.41) is 4.48. The van der Waals surface area contributed by atoms with Gasteiger partial charge in [0.25, 0.3) is 0 Å². The molecule has 25 rings (SSSR count). The molecule has 0 saturated heterocycles. The van der Waals surface area contributed by atoms with Crippen LogP contribution in [0.1, 0.15) is 50.1 Å². The maximum absolute atomic E-state index is 6.76. The van der Waals surface area contributed by atoms with Crippen molar-refractivity contribution in [1.82, 2.24) is 0 Å². The van der Waals surface area contributed by atoms with Gasteiger partial charge in [0.1, 0.15) is 22.3 Å². The van der Waals surface area contributed by atoms with Gasteiger partial charge in [0, 0.05) is 66.7 Å². The van der Waals surface area contributed by atoms with Gasteiger partial charge in [0.2, 0.25) is 0 Å². The summed E-state index contributed by atoms with van der Waals surface area (Å²) < 4.78 is 13.5. The molecule has 4 nitrogen and oxygen atoms in total. The van der Waals surface area contributed by atoms with E-state index in [0.29, 0.717) is 0 Å². The molecule has 4 aliphatic carbocycles. The van der Waals surface area contributed by atoms with Crippen LogP contribution in [0.5, 0.6) is 0 Å². The summed E-state index contributed by atoms with van der Waals surface area (Å²) in [6.07, 6.45) is 0. The monoisotopic (exact) mass is 1540 g/mol. The van der Waals surface area contributed by atoms with E-state index in [1.807, 2.05) is 6.07 Å². The maximum atomic E-state index is 6.76. The summed E-state index contributed by atoms with van der Waals surface area (Å²) in [7, 11) is 0. The normalized spacial score (nSPS) is 13.9. The van der Waals surface area contributed by atoms with Crippen molar-refractivity contribution in [1.29, 1.82) is 0 Å². The molecule has 2 spiro atoms. The van der Waals surface area contributed by atoms with Crippen molar-refractivity contribution in [3.63, 3.8) is 0 Å². The Morgan fingerprint density at radius 1 is 0.182 bits per heavy atom. The summed E-state index contributed by atoms with van der Waals surface area (Å²) in [5.41, 5.74) is 43.5. The molecule has 2 aromatic heterocycles. The Kier molecular flexibility index (Phi) is 15.1. The van der Waals surface area contributed by atoms with E-state index >= 15 is 0 Å². The van der Waals surface area contributed by atoms with Gasteiger partial charge in [-0.15, -0.1) is 0 Å². The lowest BCUT2D eigenvalue weighted by Gasteiger charge is -2.33. The minimum Gasteiger partial charge on any atom is -0.455 e. The van der Waals surface area contributed by atoms with Gasteiger partial charge in [0.05, 0.1) is 16.5 Å². The fraction of sp³-hybridized carbons (Fsp3) is 0.0256. The molecule has 19 aromatic carbocycles. The Labute approximate surface area is 701 Å². The fourth-order valence-corrected chi connectivity index (χ4v) is 21.4. The molecule has 0 fully saturated rings. The lowest BCUT2D eigenvalue weighted by atomic mass is 9.70. The van der Waals surface area contributed by atoms with Crippen LogP contribution in [0.15, 0.2) is 440 Å². The molecule has 4 heteroatoms. The zero-order valence-corrected chi connectivity index (χ0v) is 66.2. The Morgan fingerprint density at radius 2 is 0.504 bits per heavy atom. The van der Waals surface area contributed by atoms with E-state index in [1.165, 1.54) is 106 Å². The van der Waals surface area contributed by atoms with Gasteiger partial charge in [-0.25, -0.2) is 0 Å². The van der Waals surface area contributed by atoms with E-state index < -0.39 is 10.8 Å². The van der Waals surface area contributed by atoms with Crippen LogP contribution < -0.4 is 9.80 Å². The van der Waals surface area contributed by atoms with Crippen LogP contribution >= 0.6 is 0 Å². The highest BCUT2D eigenvalue weighted by atomic mass is 16.3. The van der Waals surface area contributed by atoms with Crippen LogP contribution in [0, 0.1) is 6.92 Å². The molecule has 0 aliphatic heterocycles. The Balaban J connectivity index is 0.640. The number of aryl methyl sites for hydroxylation is 1. The minimum absolute atomic E-state index is 0.619. The average molecular weight is 1540 g/mol. The van der Waals surface area contributed by atoms with Crippen LogP contribution in [-0.2, 0) is 10.8 Å². The first-order valence-corrected chi connectivity index (χ1v) is 41.9. The second kappa shape index (κ2) is 26.7. The van der Waals surface area contributed by atoms with Crippen molar-refractivity contribution >= 4 is 78.0 Å². The van der Waals surface area contributed by atoms with Gasteiger partial charge < -0.3 is 18.6 Å². The predicted molar refractivity (Wildman–Crippen MR) is 500 cm³/mol. The van der Waals surface area contributed by atoms with Crippen LogP contribution in [0.4, 0.5) is 34.1 Å². The number of hydrogen-bond donors (Lipinski definition) is 0.